The molecular formula is C17H16FN5O2S. The predicted octanol–water partition coefficient (Wildman–Crippen LogP) is 3.01. The van der Waals surface area contributed by atoms with Crippen molar-refractivity contribution in [3.8, 4) is 0 Å². The monoisotopic (exact) mass is 373 g/mol. The Labute approximate surface area is 150 Å². The van der Waals surface area contributed by atoms with Gasteiger partial charge in [-0.25, -0.2) is 27.5 Å². The summed E-state index contributed by atoms with van der Waals surface area (Å²) in [7, 11) is -2.18. The van der Waals surface area contributed by atoms with Gasteiger partial charge in [0.25, 0.3) is 0 Å². The molecule has 0 amide bonds. The topological polar surface area (TPSA) is 96.0 Å². The molecule has 1 aromatic heterocycles. The van der Waals surface area contributed by atoms with Crippen molar-refractivity contribution < 1.29 is 12.8 Å². The summed E-state index contributed by atoms with van der Waals surface area (Å²) in [5.41, 5.74) is 1.24. The van der Waals surface area contributed by atoms with E-state index in [4.69, 9.17) is 0 Å². The van der Waals surface area contributed by atoms with Crippen molar-refractivity contribution in [1.82, 2.24) is 14.7 Å². The molecule has 3 aromatic rings. The fraction of sp³-hybridized carbons (Fsp3) is 0.0588. The first-order chi connectivity index (χ1) is 12.5. The zero-order valence-electron chi connectivity index (χ0n) is 13.8. The van der Waals surface area contributed by atoms with Gasteiger partial charge < -0.3 is 10.6 Å². The van der Waals surface area contributed by atoms with Crippen LogP contribution in [0.2, 0.25) is 0 Å². The Morgan fingerprint density at radius 1 is 0.885 bits per heavy atom. The molecule has 0 aliphatic rings. The van der Waals surface area contributed by atoms with Gasteiger partial charge >= 0.3 is 0 Å². The van der Waals surface area contributed by atoms with Gasteiger partial charge in [-0.05, 0) is 49.5 Å². The van der Waals surface area contributed by atoms with E-state index in [9.17, 15) is 12.8 Å². The molecule has 0 bridgehead atoms. The zero-order chi connectivity index (χ0) is 18.6. The first-order valence-corrected chi connectivity index (χ1v) is 9.10. The van der Waals surface area contributed by atoms with Crippen LogP contribution >= 0.6 is 0 Å². The number of benzene rings is 2. The minimum Gasteiger partial charge on any atom is -0.340 e. The van der Waals surface area contributed by atoms with Crippen molar-refractivity contribution in [1.29, 1.82) is 0 Å². The van der Waals surface area contributed by atoms with Gasteiger partial charge in [0.1, 0.15) is 23.8 Å². The van der Waals surface area contributed by atoms with E-state index in [1.165, 1.54) is 37.6 Å². The molecule has 0 fully saturated rings. The van der Waals surface area contributed by atoms with Crippen LogP contribution < -0.4 is 15.4 Å². The predicted molar refractivity (Wildman–Crippen MR) is 97.7 cm³/mol. The van der Waals surface area contributed by atoms with Crippen molar-refractivity contribution in [2.24, 2.45) is 0 Å². The van der Waals surface area contributed by atoms with E-state index in [0.717, 1.165) is 0 Å². The van der Waals surface area contributed by atoms with Gasteiger partial charge in [0.2, 0.25) is 10.0 Å². The van der Waals surface area contributed by atoms with E-state index in [0.29, 0.717) is 23.0 Å². The van der Waals surface area contributed by atoms with E-state index >= 15 is 0 Å². The fourth-order valence-electron chi connectivity index (χ4n) is 2.18. The summed E-state index contributed by atoms with van der Waals surface area (Å²) in [5, 5.41) is 6.07. The molecule has 0 saturated carbocycles. The molecule has 3 N–H and O–H groups in total. The van der Waals surface area contributed by atoms with Crippen molar-refractivity contribution in [3.63, 3.8) is 0 Å². The van der Waals surface area contributed by atoms with Crippen LogP contribution in [0.3, 0.4) is 0 Å². The molecule has 0 aliphatic carbocycles. The van der Waals surface area contributed by atoms with Crippen molar-refractivity contribution in [3.05, 3.63) is 66.7 Å². The maximum absolute atomic E-state index is 13.0. The van der Waals surface area contributed by atoms with Crippen LogP contribution in [-0.4, -0.2) is 25.4 Å². The number of hydrogen-bond donors (Lipinski definition) is 3. The van der Waals surface area contributed by atoms with Gasteiger partial charge in [0.15, 0.2) is 0 Å². The first kappa shape index (κ1) is 17.8. The van der Waals surface area contributed by atoms with E-state index in [2.05, 4.69) is 25.3 Å². The van der Waals surface area contributed by atoms with Crippen LogP contribution in [0.15, 0.2) is 65.8 Å². The molecule has 0 atom stereocenters. The number of aromatic nitrogens is 2. The van der Waals surface area contributed by atoms with Gasteiger partial charge in [-0.15, -0.1) is 0 Å². The fourth-order valence-corrected chi connectivity index (χ4v) is 2.96. The van der Waals surface area contributed by atoms with E-state index in [1.807, 2.05) is 0 Å². The zero-order valence-corrected chi connectivity index (χ0v) is 14.6. The van der Waals surface area contributed by atoms with Crippen LogP contribution in [0.5, 0.6) is 0 Å². The molecule has 0 saturated heterocycles. The smallest absolute Gasteiger partial charge is 0.240 e. The second kappa shape index (κ2) is 7.46. The molecule has 134 valence electrons. The van der Waals surface area contributed by atoms with E-state index < -0.39 is 10.0 Å². The molecule has 3 rings (SSSR count). The Bertz CT molecular complexity index is 1010. The van der Waals surface area contributed by atoms with Crippen molar-refractivity contribution >= 4 is 33.0 Å². The Kier molecular flexibility index (Phi) is 5.10. The van der Waals surface area contributed by atoms with Gasteiger partial charge in [0.05, 0.1) is 4.90 Å². The number of rotatable bonds is 6. The largest absolute Gasteiger partial charge is 0.340 e. The maximum Gasteiger partial charge on any atom is 0.240 e. The SMILES string of the molecule is CNS(=O)(=O)c1cccc(Nc2cc(Nc3ccc(F)cc3)ncn2)c1. The van der Waals surface area contributed by atoms with Crippen molar-refractivity contribution in [2.75, 3.05) is 17.7 Å². The van der Waals surface area contributed by atoms with Gasteiger partial charge in [-0.1, -0.05) is 6.07 Å². The second-order valence-electron chi connectivity index (χ2n) is 5.28. The lowest BCUT2D eigenvalue weighted by Gasteiger charge is -2.10. The number of sulfonamides is 1. The summed E-state index contributed by atoms with van der Waals surface area (Å²) in [5.74, 6) is 0.661. The normalized spacial score (nSPS) is 11.2. The summed E-state index contributed by atoms with van der Waals surface area (Å²) in [6.07, 6.45) is 1.36. The summed E-state index contributed by atoms with van der Waals surface area (Å²) < 4.78 is 39.0. The summed E-state index contributed by atoms with van der Waals surface area (Å²) in [6, 6.07) is 13.9. The third-order valence-corrected chi connectivity index (χ3v) is 4.88. The molecule has 7 nitrogen and oxygen atoms in total. The van der Waals surface area contributed by atoms with Crippen LogP contribution in [0, 0.1) is 5.82 Å². The lowest BCUT2D eigenvalue weighted by Crippen LogP contribution is -2.18. The number of nitrogens with zero attached hydrogens (tertiary/aromatic N) is 2. The minimum absolute atomic E-state index is 0.142. The van der Waals surface area contributed by atoms with Gasteiger partial charge in [0, 0.05) is 17.4 Å². The van der Waals surface area contributed by atoms with Gasteiger partial charge in [-0.2, -0.15) is 0 Å². The summed E-state index contributed by atoms with van der Waals surface area (Å²) in [4.78, 5) is 8.36. The maximum atomic E-state index is 13.0. The quantitative estimate of drug-likeness (QED) is 0.615. The molecule has 0 unspecified atom stereocenters. The van der Waals surface area contributed by atoms with Crippen LogP contribution in [0.1, 0.15) is 0 Å². The average Bonchev–Trinajstić information content (AvgIpc) is 2.64. The molecule has 26 heavy (non-hydrogen) atoms. The number of hydrogen-bond acceptors (Lipinski definition) is 6. The second-order valence-corrected chi connectivity index (χ2v) is 7.17. The molecule has 2 aromatic carbocycles. The minimum atomic E-state index is -3.53. The molecule has 1 heterocycles. The Balaban J connectivity index is 1.79. The highest BCUT2D eigenvalue weighted by molar-refractivity contribution is 7.89. The summed E-state index contributed by atoms with van der Waals surface area (Å²) in [6.45, 7) is 0. The lowest BCUT2D eigenvalue weighted by atomic mass is 10.3. The van der Waals surface area contributed by atoms with E-state index in [1.54, 1.807) is 30.3 Å². The highest BCUT2D eigenvalue weighted by Crippen LogP contribution is 2.21. The Morgan fingerprint density at radius 2 is 1.54 bits per heavy atom. The number of nitrogens with one attached hydrogen (secondary N) is 3. The highest BCUT2D eigenvalue weighted by atomic mass is 32.2. The van der Waals surface area contributed by atoms with Crippen LogP contribution in [0.25, 0.3) is 0 Å². The average molecular weight is 373 g/mol. The molecule has 0 spiro atoms. The lowest BCUT2D eigenvalue weighted by molar-refractivity contribution is 0.588. The standard InChI is InChI=1S/C17H16FN5O2S/c1-19-26(24,25)15-4-2-3-14(9-15)23-17-10-16(20-11-21-17)22-13-7-5-12(18)6-8-13/h2-11,19H,1H3,(H2,20,21,22,23). The van der Waals surface area contributed by atoms with Gasteiger partial charge in [-0.3, -0.25) is 0 Å². The molecular weight excluding hydrogens is 357 g/mol. The molecule has 9 heteroatoms. The number of halogens is 1. The van der Waals surface area contributed by atoms with Crippen molar-refractivity contribution in [2.45, 2.75) is 4.90 Å². The first-order valence-electron chi connectivity index (χ1n) is 7.61. The summed E-state index contributed by atoms with van der Waals surface area (Å²) >= 11 is 0. The van der Waals surface area contributed by atoms with Crippen LogP contribution in [-0.2, 0) is 10.0 Å². The molecule has 0 aliphatic heterocycles. The van der Waals surface area contributed by atoms with Crippen LogP contribution in [0.4, 0.5) is 27.4 Å². The Hall–Kier alpha value is -3.04. The number of anilines is 4. The Morgan fingerprint density at radius 3 is 2.19 bits per heavy atom. The molecule has 0 radical (unpaired) electrons. The highest BCUT2D eigenvalue weighted by Gasteiger charge is 2.11. The third-order valence-electron chi connectivity index (χ3n) is 3.47. The van der Waals surface area contributed by atoms with E-state index in [-0.39, 0.29) is 10.7 Å². The third kappa shape index (κ3) is 4.32.